The molecule has 0 bridgehead atoms. The van der Waals surface area contributed by atoms with Gasteiger partial charge < -0.3 is 14.0 Å². The number of hydrogen-bond donors (Lipinski definition) is 1. The van der Waals surface area contributed by atoms with Gasteiger partial charge >= 0.3 is 5.56 Å². The van der Waals surface area contributed by atoms with Crippen molar-refractivity contribution >= 4 is 27.5 Å². The van der Waals surface area contributed by atoms with Crippen LogP contribution < -0.4 is 15.0 Å². The molecule has 3 aromatic rings. The highest BCUT2D eigenvalue weighted by Crippen LogP contribution is 2.21. The van der Waals surface area contributed by atoms with E-state index >= 15 is 0 Å². The molecule has 0 aliphatic rings. The Morgan fingerprint density at radius 2 is 1.84 bits per heavy atom. The smallest absolute Gasteiger partial charge is 0.317 e. The number of halogens is 2. The van der Waals surface area contributed by atoms with E-state index in [9.17, 15) is 18.0 Å². The predicted octanol–water partition coefficient (Wildman–Crippen LogP) is 3.29. The summed E-state index contributed by atoms with van der Waals surface area (Å²) >= 11 is 11.6. The molecule has 0 fully saturated rings. The first-order valence-electron chi connectivity index (χ1n) is 11.6. The van der Waals surface area contributed by atoms with E-state index < -0.39 is 15.9 Å². The van der Waals surface area contributed by atoms with E-state index in [2.05, 4.69) is 6.92 Å². The fraction of sp³-hybridized carbons (Fsp3) is 0.308. The van der Waals surface area contributed by atoms with Gasteiger partial charge in [0.1, 0.15) is 12.4 Å². The van der Waals surface area contributed by atoms with Gasteiger partial charge in [0, 0.05) is 25.3 Å². The van der Waals surface area contributed by atoms with Crippen molar-refractivity contribution in [2.24, 2.45) is 0 Å². The minimum Gasteiger partial charge on any atom is -0.487 e. The van der Waals surface area contributed by atoms with Crippen LogP contribution in [-0.2, 0) is 40.8 Å². The average molecular weight is 568 g/mol. The third-order valence-electron chi connectivity index (χ3n) is 5.64. The number of sulfonamides is 1. The second-order valence-corrected chi connectivity index (χ2v) is 10.9. The van der Waals surface area contributed by atoms with E-state index in [1.165, 1.54) is 29.9 Å². The van der Waals surface area contributed by atoms with Crippen LogP contribution in [0.5, 0.6) is 5.75 Å². The van der Waals surface area contributed by atoms with Crippen molar-refractivity contribution in [1.82, 2.24) is 9.29 Å². The van der Waals surface area contributed by atoms with Crippen LogP contribution in [0, 0.1) is 11.6 Å². The third kappa shape index (κ3) is 8.07. The molecule has 0 saturated carbocycles. The quantitative estimate of drug-likeness (QED) is 0.360. The van der Waals surface area contributed by atoms with Crippen molar-refractivity contribution in [2.45, 2.75) is 32.9 Å². The molecule has 0 aliphatic heterocycles. The van der Waals surface area contributed by atoms with E-state index in [1.54, 1.807) is 12.1 Å². The summed E-state index contributed by atoms with van der Waals surface area (Å²) in [6, 6.07) is 15.6. The van der Waals surface area contributed by atoms with Gasteiger partial charge in [-0.25, -0.2) is 13.1 Å². The highest BCUT2D eigenvalue weighted by atomic mass is 35.5. The van der Waals surface area contributed by atoms with Crippen LogP contribution in [0.2, 0.25) is 10.0 Å². The molecule has 0 saturated heterocycles. The molecule has 2 aromatic carbocycles. The number of hydrogen-bond acceptors (Lipinski definition) is 6. The number of carbonyl (C=O) groups is 1. The molecule has 1 N–H and O–H groups in total. The van der Waals surface area contributed by atoms with Gasteiger partial charge in [0.15, 0.2) is 11.6 Å². The Bertz CT molecular complexity index is 1410. The summed E-state index contributed by atoms with van der Waals surface area (Å²) in [6.07, 6.45) is 1.32. The van der Waals surface area contributed by atoms with Gasteiger partial charge in [0.25, 0.3) is 10.9 Å². The molecule has 8 nitrogen and oxygen atoms in total. The number of carbonyl (C=O) groups excluding carboxylic acids is 1. The minimum absolute atomic E-state index is 0.0193. The largest absolute Gasteiger partial charge is 0.487 e. The van der Waals surface area contributed by atoms with Gasteiger partial charge in [0.05, 0.1) is 23.1 Å². The summed E-state index contributed by atoms with van der Waals surface area (Å²) in [6.45, 7) is 2.41. The zero-order valence-electron chi connectivity index (χ0n) is 20.5. The van der Waals surface area contributed by atoms with Gasteiger partial charge in [-0.05, 0) is 48.2 Å². The lowest BCUT2D eigenvalue weighted by Gasteiger charge is -2.15. The molecule has 198 valence electrons. The maximum Gasteiger partial charge on any atom is 0.317 e. The van der Waals surface area contributed by atoms with Crippen molar-refractivity contribution in [2.75, 3.05) is 19.5 Å². The monoisotopic (exact) mass is 567 g/mol. The second kappa shape index (κ2) is 13.1. The first-order valence-corrected chi connectivity index (χ1v) is 14.0. The van der Waals surface area contributed by atoms with Crippen molar-refractivity contribution in [3.05, 3.63) is 97.4 Å². The molecule has 1 amide bonds. The van der Waals surface area contributed by atoms with Crippen LogP contribution in [0.3, 0.4) is 0 Å². The lowest BCUT2D eigenvalue weighted by molar-refractivity contribution is -0.291. The Morgan fingerprint density at radius 1 is 1.11 bits per heavy atom. The Hall–Kier alpha value is -2.85. The molecular weight excluding hydrogens is 539 g/mol. The average Bonchev–Trinajstić information content (AvgIpc) is 2.88. The van der Waals surface area contributed by atoms with Crippen molar-refractivity contribution in [3.8, 4) is 5.75 Å². The summed E-state index contributed by atoms with van der Waals surface area (Å²) in [7, 11) is -2.41. The fourth-order valence-electron chi connectivity index (χ4n) is 3.54. The van der Waals surface area contributed by atoms with Gasteiger partial charge in [0.2, 0.25) is 10.0 Å². The summed E-state index contributed by atoms with van der Waals surface area (Å²) in [5.41, 5.74) is 2.34. The summed E-state index contributed by atoms with van der Waals surface area (Å²) in [5, 5.41) is 0.460. The van der Waals surface area contributed by atoms with Crippen LogP contribution in [-0.4, -0.2) is 38.4 Å². The molecule has 11 heteroatoms. The zero-order valence-corrected chi connectivity index (χ0v) is 22.9. The number of rotatable bonds is 12. The Labute approximate surface area is 226 Å². The highest BCUT2D eigenvalue weighted by Gasteiger charge is 2.18. The topological polar surface area (TPSA) is 104 Å². The first-order chi connectivity index (χ1) is 17.6. The molecule has 37 heavy (non-hydrogen) atoms. The van der Waals surface area contributed by atoms with Gasteiger partial charge in [-0.2, -0.15) is 0 Å². The van der Waals surface area contributed by atoms with Gasteiger partial charge in [-0.3, -0.25) is 9.59 Å². The molecule has 0 radical (unpaired) electrons. The van der Waals surface area contributed by atoms with E-state index in [4.69, 9.17) is 32.7 Å². The molecule has 0 aliphatic carbocycles. The van der Waals surface area contributed by atoms with Crippen molar-refractivity contribution in [1.29, 1.82) is 0 Å². The third-order valence-corrected chi connectivity index (χ3v) is 7.46. The van der Waals surface area contributed by atoms with Crippen LogP contribution in [0.4, 0.5) is 0 Å². The number of aryl methyl sites for hydroxylation is 2. The standard InChI is InChI=1S/C26H28Cl2N2O6S/c1-3-18-5-4-6-21(15-18)36-17-24-22(27)16-23(28)26(32)30(24)12-11-19-7-9-20(10-8-19)25(31)29-37(33,34)14-13-35-2/h4-10,15-16,28H,3,11-14,17H2,1-2H3/p+1. The van der Waals surface area contributed by atoms with Crippen LogP contribution in [0.25, 0.3) is 0 Å². The number of pyridine rings is 1. The number of nitrogens with zero attached hydrogens (tertiary/aromatic N) is 1. The maximum atomic E-state index is 12.9. The molecule has 1 aromatic heterocycles. The van der Waals surface area contributed by atoms with Gasteiger partial charge in [-0.1, -0.05) is 42.8 Å². The highest BCUT2D eigenvalue weighted by molar-refractivity contribution is 7.90. The van der Waals surface area contributed by atoms with E-state index in [1.807, 2.05) is 29.0 Å². The minimum atomic E-state index is -3.79. The first kappa shape index (κ1) is 28.7. The molecule has 1 heterocycles. The maximum absolute atomic E-state index is 12.9. The molecular formula is C26H29Cl2N2O6S+. The Morgan fingerprint density at radius 3 is 2.51 bits per heavy atom. The normalized spacial score (nSPS) is 11.4. The lowest BCUT2D eigenvalue weighted by Crippen LogP contribution is -2.33. The number of ether oxygens (including phenoxy) is 2. The van der Waals surface area contributed by atoms with Crippen molar-refractivity contribution in [3.63, 3.8) is 0 Å². The lowest BCUT2D eigenvalue weighted by atomic mass is 10.1. The van der Waals surface area contributed by atoms with E-state index in [-0.39, 0.29) is 41.7 Å². The molecule has 0 spiro atoms. The van der Waals surface area contributed by atoms with Gasteiger partial charge in [-0.15, -0.1) is 0 Å². The van der Waals surface area contributed by atoms with Crippen LogP contribution in [0.15, 0.2) is 59.4 Å². The number of benzene rings is 2. The van der Waals surface area contributed by atoms with Crippen molar-refractivity contribution < 1.29 is 34.3 Å². The Balaban J connectivity index is 1.72. The number of amides is 1. The SMILES string of the molecule is CCc1cccc(OCc2c(Cl)cc([ClH+])c(=O)n2CCc2ccc(C(=O)NS(=O)(=O)CCOC)cc2)c1. The summed E-state index contributed by atoms with van der Waals surface area (Å²) in [5.74, 6) is -0.367. The van der Waals surface area contributed by atoms with Crippen LogP contribution >= 0.6 is 11.6 Å². The van der Waals surface area contributed by atoms with Crippen LogP contribution in [0.1, 0.15) is 34.1 Å². The van der Waals surface area contributed by atoms with E-state index in [0.29, 0.717) is 22.9 Å². The number of aromatic nitrogens is 1. The second-order valence-electron chi connectivity index (χ2n) is 8.24. The molecule has 0 unspecified atom stereocenters. The number of nitrogens with one attached hydrogen (secondary N) is 1. The predicted molar refractivity (Wildman–Crippen MR) is 140 cm³/mol. The summed E-state index contributed by atoms with van der Waals surface area (Å²) in [4.78, 5) is 25.1. The molecule has 0 atom stereocenters. The summed E-state index contributed by atoms with van der Waals surface area (Å²) < 4.78 is 38.0. The zero-order chi connectivity index (χ0) is 27.0. The van der Waals surface area contributed by atoms with E-state index in [0.717, 1.165) is 17.5 Å². The number of methoxy groups -OCH3 is 1. The molecule has 3 rings (SSSR count). The fourth-order valence-corrected chi connectivity index (χ4v) is 4.99. The Kier molecular flexibility index (Phi) is 10.2.